The molecule has 0 unspecified atom stereocenters. The molecule has 0 spiro atoms. The van der Waals surface area contributed by atoms with Crippen molar-refractivity contribution in [2.45, 2.75) is 11.3 Å². The van der Waals surface area contributed by atoms with E-state index in [1.807, 2.05) is 30.0 Å². The molecule has 31 heavy (non-hydrogen) atoms. The Morgan fingerprint density at radius 3 is 2.65 bits per heavy atom. The van der Waals surface area contributed by atoms with Crippen LogP contribution in [-0.4, -0.2) is 52.9 Å². The number of nitrogens with one attached hydrogen (secondary N) is 1. The zero-order chi connectivity index (χ0) is 21.8. The summed E-state index contributed by atoms with van der Waals surface area (Å²) in [5.41, 5.74) is 2.81. The van der Waals surface area contributed by atoms with Crippen LogP contribution in [0.15, 0.2) is 46.8 Å². The monoisotopic (exact) mass is 477 g/mol. The summed E-state index contributed by atoms with van der Waals surface area (Å²) in [5.74, 6) is 0.160. The molecule has 0 aliphatic carbocycles. The number of aromatic nitrogens is 2. The maximum atomic E-state index is 13.1. The Kier molecular flexibility index (Phi) is 6.94. The minimum atomic E-state index is -0.243. The molecule has 6 nitrogen and oxygen atoms in total. The second kappa shape index (κ2) is 9.84. The summed E-state index contributed by atoms with van der Waals surface area (Å²) in [4.78, 5) is 16.6. The van der Waals surface area contributed by atoms with E-state index in [4.69, 9.17) is 11.6 Å². The highest BCUT2D eigenvalue weighted by Crippen LogP contribution is 2.31. The van der Waals surface area contributed by atoms with Crippen LogP contribution in [0.4, 0.5) is 20.9 Å². The first-order valence-electron chi connectivity index (χ1n) is 9.76. The molecule has 4 rings (SSSR count). The smallest absolute Gasteiger partial charge is 0.233 e. The first kappa shape index (κ1) is 21.9. The van der Waals surface area contributed by atoms with Crippen molar-refractivity contribution in [3.8, 4) is 0 Å². The van der Waals surface area contributed by atoms with E-state index in [-0.39, 0.29) is 11.7 Å². The van der Waals surface area contributed by atoms with Crippen molar-refractivity contribution >= 4 is 57.1 Å². The molecule has 0 saturated carbocycles. The Morgan fingerprint density at radius 2 is 1.90 bits per heavy atom. The number of amides is 1. The van der Waals surface area contributed by atoms with Gasteiger partial charge in [0, 0.05) is 42.6 Å². The van der Waals surface area contributed by atoms with E-state index in [1.54, 1.807) is 12.1 Å². The largest absolute Gasteiger partial charge is 0.368 e. The number of rotatable bonds is 6. The zero-order valence-electron chi connectivity index (χ0n) is 16.8. The van der Waals surface area contributed by atoms with Crippen LogP contribution in [0.2, 0.25) is 5.02 Å². The van der Waals surface area contributed by atoms with Crippen molar-refractivity contribution in [1.29, 1.82) is 0 Å². The van der Waals surface area contributed by atoms with Gasteiger partial charge in [-0.1, -0.05) is 40.8 Å². The lowest BCUT2D eigenvalue weighted by atomic mass is 10.2. The Morgan fingerprint density at radius 1 is 1.16 bits per heavy atom. The number of anilines is 3. The molecule has 1 saturated heterocycles. The highest BCUT2D eigenvalue weighted by molar-refractivity contribution is 8.01. The number of thioether (sulfide) groups is 1. The quantitative estimate of drug-likeness (QED) is 0.513. The average molecular weight is 478 g/mol. The minimum Gasteiger partial charge on any atom is -0.368 e. The van der Waals surface area contributed by atoms with E-state index in [0.717, 1.165) is 34.4 Å². The molecule has 1 N–H and O–H groups in total. The lowest BCUT2D eigenvalue weighted by Gasteiger charge is -2.36. The van der Waals surface area contributed by atoms with E-state index >= 15 is 0 Å². The number of nitrogens with zero attached hydrogens (tertiary/aromatic N) is 4. The van der Waals surface area contributed by atoms with Crippen molar-refractivity contribution in [1.82, 2.24) is 15.1 Å². The summed E-state index contributed by atoms with van der Waals surface area (Å²) in [6.45, 7) is 4.69. The van der Waals surface area contributed by atoms with Gasteiger partial charge in [-0.2, -0.15) is 0 Å². The van der Waals surface area contributed by atoms with Crippen LogP contribution in [0.5, 0.6) is 0 Å². The van der Waals surface area contributed by atoms with Gasteiger partial charge in [0.15, 0.2) is 4.34 Å². The standard InChI is InChI=1S/C21H21ClFN5OS2/c1-14-17(22)3-2-4-18(14)24-20-25-26-21(31-20)30-13-19(29)28-11-9-27(10-12-28)16-7-5-15(23)6-8-16/h2-8H,9-13H2,1H3,(H,24,25). The fraction of sp³-hybridized carbons (Fsp3) is 0.286. The lowest BCUT2D eigenvalue weighted by Crippen LogP contribution is -2.49. The number of hydrogen-bond acceptors (Lipinski definition) is 7. The van der Waals surface area contributed by atoms with Gasteiger partial charge in [0.1, 0.15) is 5.82 Å². The summed E-state index contributed by atoms with van der Waals surface area (Å²) in [6, 6.07) is 12.1. The van der Waals surface area contributed by atoms with Gasteiger partial charge >= 0.3 is 0 Å². The third-order valence-electron chi connectivity index (χ3n) is 5.06. The number of hydrogen-bond donors (Lipinski definition) is 1. The third kappa shape index (κ3) is 5.47. The Hall–Kier alpha value is -2.36. The molecule has 3 aromatic rings. The second-order valence-corrected chi connectivity index (χ2v) is 9.65. The molecule has 1 amide bonds. The topological polar surface area (TPSA) is 61.4 Å². The van der Waals surface area contributed by atoms with Gasteiger partial charge in [-0.25, -0.2) is 4.39 Å². The Bertz CT molecular complexity index is 1050. The summed E-state index contributed by atoms with van der Waals surface area (Å²) < 4.78 is 13.8. The van der Waals surface area contributed by atoms with E-state index in [2.05, 4.69) is 20.4 Å². The summed E-state index contributed by atoms with van der Waals surface area (Å²) in [7, 11) is 0. The van der Waals surface area contributed by atoms with E-state index in [0.29, 0.717) is 29.0 Å². The second-order valence-electron chi connectivity index (χ2n) is 7.04. The van der Waals surface area contributed by atoms with E-state index in [9.17, 15) is 9.18 Å². The fourth-order valence-corrected chi connectivity index (χ4v) is 5.10. The van der Waals surface area contributed by atoms with Crippen LogP contribution >= 0.6 is 34.7 Å². The molecule has 162 valence electrons. The van der Waals surface area contributed by atoms with Crippen LogP contribution in [0.25, 0.3) is 0 Å². The Labute approximate surface area is 193 Å². The van der Waals surface area contributed by atoms with Crippen molar-refractivity contribution in [3.63, 3.8) is 0 Å². The van der Waals surface area contributed by atoms with Crippen molar-refractivity contribution in [2.75, 3.05) is 42.1 Å². The summed E-state index contributed by atoms with van der Waals surface area (Å²) in [6.07, 6.45) is 0. The van der Waals surface area contributed by atoms with Gasteiger partial charge in [-0.05, 0) is 48.9 Å². The fourth-order valence-electron chi connectivity index (χ4n) is 3.26. The van der Waals surface area contributed by atoms with Crippen LogP contribution in [0.3, 0.4) is 0 Å². The third-order valence-corrected chi connectivity index (χ3v) is 7.43. The van der Waals surface area contributed by atoms with E-state index < -0.39 is 0 Å². The van der Waals surface area contributed by atoms with Gasteiger partial charge in [-0.15, -0.1) is 10.2 Å². The van der Waals surface area contributed by atoms with E-state index in [1.165, 1.54) is 35.2 Å². The molecule has 2 aromatic carbocycles. The number of benzene rings is 2. The zero-order valence-corrected chi connectivity index (χ0v) is 19.2. The minimum absolute atomic E-state index is 0.0825. The number of halogens is 2. The van der Waals surface area contributed by atoms with Crippen molar-refractivity contribution < 1.29 is 9.18 Å². The molecule has 1 aliphatic heterocycles. The van der Waals surface area contributed by atoms with Crippen LogP contribution in [-0.2, 0) is 4.79 Å². The molecular formula is C21H21ClFN5OS2. The lowest BCUT2D eigenvalue weighted by molar-refractivity contribution is -0.128. The van der Waals surface area contributed by atoms with Gasteiger partial charge in [0.2, 0.25) is 11.0 Å². The first-order valence-corrected chi connectivity index (χ1v) is 11.9. The van der Waals surface area contributed by atoms with Crippen molar-refractivity contribution in [2.24, 2.45) is 0 Å². The summed E-state index contributed by atoms with van der Waals surface area (Å²) >= 11 is 8.96. The molecule has 1 aromatic heterocycles. The SMILES string of the molecule is Cc1c(Cl)cccc1Nc1nnc(SCC(=O)N2CCN(c3ccc(F)cc3)CC2)s1. The predicted octanol–water partition coefficient (Wildman–Crippen LogP) is 4.82. The van der Waals surface area contributed by atoms with Crippen LogP contribution < -0.4 is 10.2 Å². The maximum absolute atomic E-state index is 13.1. The Balaban J connectivity index is 1.26. The molecule has 1 fully saturated rings. The molecule has 1 aliphatic rings. The average Bonchev–Trinajstić information content (AvgIpc) is 3.23. The van der Waals surface area contributed by atoms with Gasteiger partial charge in [0.05, 0.1) is 5.75 Å². The number of piperazine rings is 1. The molecule has 0 bridgehead atoms. The molecule has 0 atom stereocenters. The first-order chi connectivity index (χ1) is 15.0. The molecule has 0 radical (unpaired) electrons. The number of carbonyl (C=O) groups excluding carboxylic acids is 1. The maximum Gasteiger partial charge on any atom is 0.233 e. The predicted molar refractivity (Wildman–Crippen MR) is 125 cm³/mol. The highest BCUT2D eigenvalue weighted by atomic mass is 35.5. The molecule has 2 heterocycles. The van der Waals surface area contributed by atoms with Gasteiger partial charge in [0.25, 0.3) is 0 Å². The van der Waals surface area contributed by atoms with Crippen LogP contribution in [0.1, 0.15) is 5.56 Å². The summed E-state index contributed by atoms with van der Waals surface area (Å²) in [5, 5.41) is 12.9. The van der Waals surface area contributed by atoms with Gasteiger partial charge in [-0.3, -0.25) is 4.79 Å². The molecular weight excluding hydrogens is 457 g/mol. The number of carbonyl (C=O) groups is 1. The van der Waals surface area contributed by atoms with Crippen molar-refractivity contribution in [3.05, 3.63) is 58.9 Å². The highest BCUT2D eigenvalue weighted by Gasteiger charge is 2.22. The van der Waals surface area contributed by atoms with Gasteiger partial charge < -0.3 is 15.1 Å². The van der Waals surface area contributed by atoms with Crippen LogP contribution in [0, 0.1) is 12.7 Å². The molecule has 10 heteroatoms. The normalized spacial score (nSPS) is 14.0.